The average molecular weight is 207 g/mol. The van der Waals surface area contributed by atoms with E-state index in [-0.39, 0.29) is 23.5 Å². The molecule has 0 rings (SSSR count). The minimum atomic E-state index is -2.93. The quantitative estimate of drug-likeness (QED) is 0.711. The molecular weight excluding hydrogens is 186 g/mol. The van der Waals surface area contributed by atoms with Crippen molar-refractivity contribution in [2.75, 3.05) is 11.5 Å². The van der Waals surface area contributed by atoms with Crippen molar-refractivity contribution in [3.8, 4) is 0 Å². The van der Waals surface area contributed by atoms with Crippen LogP contribution in [0.15, 0.2) is 0 Å². The SMILES string of the molecule is CCCC(C)CS(=O)(=O)CC(C)N. The Balaban J connectivity index is 4.02. The van der Waals surface area contributed by atoms with E-state index in [0.29, 0.717) is 0 Å². The summed E-state index contributed by atoms with van der Waals surface area (Å²) in [6, 6.07) is -0.251. The third-order valence-electron chi connectivity index (χ3n) is 1.84. The Bertz CT molecular complexity index is 222. The number of rotatable bonds is 6. The smallest absolute Gasteiger partial charge is 0.152 e. The van der Waals surface area contributed by atoms with Crippen molar-refractivity contribution >= 4 is 9.84 Å². The van der Waals surface area contributed by atoms with Crippen molar-refractivity contribution in [1.29, 1.82) is 0 Å². The summed E-state index contributed by atoms with van der Waals surface area (Å²) < 4.78 is 22.9. The molecule has 0 aliphatic heterocycles. The maximum Gasteiger partial charge on any atom is 0.152 e. The molecule has 0 aromatic heterocycles. The van der Waals surface area contributed by atoms with Crippen LogP contribution >= 0.6 is 0 Å². The maximum atomic E-state index is 11.4. The van der Waals surface area contributed by atoms with Crippen LogP contribution in [0.5, 0.6) is 0 Å². The summed E-state index contributed by atoms with van der Waals surface area (Å²) in [6.07, 6.45) is 2.01. The predicted octanol–water partition coefficient (Wildman–Crippen LogP) is 1.18. The van der Waals surface area contributed by atoms with E-state index in [1.54, 1.807) is 6.92 Å². The molecule has 0 radical (unpaired) electrons. The average Bonchev–Trinajstić information content (AvgIpc) is 1.81. The van der Waals surface area contributed by atoms with E-state index in [4.69, 9.17) is 5.73 Å². The van der Waals surface area contributed by atoms with Gasteiger partial charge in [0.25, 0.3) is 0 Å². The first-order valence-corrected chi connectivity index (χ1v) is 6.65. The van der Waals surface area contributed by atoms with Gasteiger partial charge in [0.1, 0.15) is 0 Å². The topological polar surface area (TPSA) is 60.2 Å². The minimum absolute atomic E-state index is 0.112. The van der Waals surface area contributed by atoms with E-state index in [1.165, 1.54) is 0 Å². The molecule has 2 unspecified atom stereocenters. The predicted molar refractivity (Wildman–Crippen MR) is 56.4 cm³/mol. The summed E-state index contributed by atoms with van der Waals surface area (Å²) in [6.45, 7) is 5.76. The molecule has 13 heavy (non-hydrogen) atoms. The summed E-state index contributed by atoms with van der Waals surface area (Å²) in [5.74, 6) is 0.650. The molecule has 0 fully saturated rings. The Morgan fingerprint density at radius 1 is 1.23 bits per heavy atom. The monoisotopic (exact) mass is 207 g/mol. The molecule has 2 atom stereocenters. The lowest BCUT2D eigenvalue weighted by molar-refractivity contribution is 0.542. The highest BCUT2D eigenvalue weighted by Crippen LogP contribution is 2.09. The molecule has 80 valence electrons. The Morgan fingerprint density at radius 2 is 1.77 bits per heavy atom. The second kappa shape index (κ2) is 5.60. The highest BCUT2D eigenvalue weighted by molar-refractivity contribution is 7.91. The standard InChI is InChI=1S/C9H21NO2S/c1-4-5-8(2)6-13(11,12)7-9(3)10/h8-9H,4-7,10H2,1-3H3. The first-order chi connectivity index (χ1) is 5.87. The van der Waals surface area contributed by atoms with Gasteiger partial charge in [0.2, 0.25) is 0 Å². The molecule has 0 bridgehead atoms. The van der Waals surface area contributed by atoms with E-state index in [2.05, 4.69) is 6.92 Å². The number of hydrogen-bond donors (Lipinski definition) is 1. The zero-order valence-electron chi connectivity index (χ0n) is 8.79. The highest BCUT2D eigenvalue weighted by atomic mass is 32.2. The lowest BCUT2D eigenvalue weighted by atomic mass is 10.1. The number of hydrogen-bond acceptors (Lipinski definition) is 3. The number of sulfone groups is 1. The molecular formula is C9H21NO2S. The zero-order valence-corrected chi connectivity index (χ0v) is 9.60. The van der Waals surface area contributed by atoms with Gasteiger partial charge in [0.15, 0.2) is 9.84 Å². The van der Waals surface area contributed by atoms with Crippen LogP contribution in [0.1, 0.15) is 33.6 Å². The van der Waals surface area contributed by atoms with Crippen molar-refractivity contribution in [3.05, 3.63) is 0 Å². The Morgan fingerprint density at radius 3 is 2.15 bits per heavy atom. The van der Waals surface area contributed by atoms with Crippen molar-refractivity contribution in [1.82, 2.24) is 0 Å². The van der Waals surface area contributed by atoms with E-state index < -0.39 is 9.84 Å². The fourth-order valence-corrected chi connectivity index (χ4v) is 3.45. The van der Waals surface area contributed by atoms with E-state index in [9.17, 15) is 8.42 Å². The van der Waals surface area contributed by atoms with Crippen LogP contribution in [0, 0.1) is 5.92 Å². The fraction of sp³-hybridized carbons (Fsp3) is 1.00. The van der Waals surface area contributed by atoms with Gasteiger partial charge in [-0.2, -0.15) is 0 Å². The highest BCUT2D eigenvalue weighted by Gasteiger charge is 2.16. The molecule has 2 N–H and O–H groups in total. The molecule has 4 heteroatoms. The molecule has 0 saturated carbocycles. The van der Waals surface area contributed by atoms with Gasteiger partial charge in [-0.25, -0.2) is 8.42 Å². The molecule has 0 saturated heterocycles. The largest absolute Gasteiger partial charge is 0.327 e. The molecule has 0 aromatic carbocycles. The molecule has 0 aliphatic carbocycles. The van der Waals surface area contributed by atoms with Gasteiger partial charge in [-0.1, -0.05) is 26.7 Å². The van der Waals surface area contributed by atoms with Gasteiger partial charge in [-0.05, 0) is 12.8 Å². The van der Waals surface area contributed by atoms with Crippen LogP contribution in [-0.4, -0.2) is 26.0 Å². The summed E-state index contributed by atoms with van der Waals surface area (Å²) in [4.78, 5) is 0. The number of nitrogens with two attached hydrogens (primary N) is 1. The second-order valence-corrected chi connectivity index (χ2v) is 6.10. The summed E-state index contributed by atoms with van der Waals surface area (Å²) in [5.41, 5.74) is 5.45. The van der Waals surface area contributed by atoms with Crippen LogP contribution in [0.4, 0.5) is 0 Å². The van der Waals surface area contributed by atoms with Crippen molar-refractivity contribution in [2.24, 2.45) is 11.7 Å². The first kappa shape index (κ1) is 12.9. The molecule has 0 amide bonds. The van der Waals surface area contributed by atoms with Gasteiger partial charge in [-0.3, -0.25) is 0 Å². The van der Waals surface area contributed by atoms with Crippen LogP contribution in [0.3, 0.4) is 0 Å². The van der Waals surface area contributed by atoms with Crippen molar-refractivity contribution in [3.63, 3.8) is 0 Å². The lowest BCUT2D eigenvalue weighted by Gasteiger charge is -2.11. The van der Waals surface area contributed by atoms with Crippen LogP contribution in [0.2, 0.25) is 0 Å². The van der Waals surface area contributed by atoms with Gasteiger partial charge < -0.3 is 5.73 Å². The second-order valence-electron chi connectivity index (χ2n) is 3.95. The Hall–Kier alpha value is -0.0900. The third-order valence-corrected chi connectivity index (χ3v) is 3.95. The van der Waals surface area contributed by atoms with Crippen LogP contribution in [-0.2, 0) is 9.84 Å². The first-order valence-electron chi connectivity index (χ1n) is 4.83. The summed E-state index contributed by atoms with van der Waals surface area (Å²) in [5, 5.41) is 0. The minimum Gasteiger partial charge on any atom is -0.327 e. The normalized spacial score (nSPS) is 16.9. The molecule has 0 aromatic rings. The molecule has 0 aliphatic rings. The van der Waals surface area contributed by atoms with Crippen molar-refractivity contribution < 1.29 is 8.42 Å². The maximum absolute atomic E-state index is 11.4. The summed E-state index contributed by atoms with van der Waals surface area (Å²) >= 11 is 0. The van der Waals surface area contributed by atoms with Gasteiger partial charge in [0, 0.05) is 6.04 Å². The van der Waals surface area contributed by atoms with Crippen LogP contribution in [0.25, 0.3) is 0 Å². The third kappa shape index (κ3) is 7.02. The van der Waals surface area contributed by atoms with Gasteiger partial charge in [-0.15, -0.1) is 0 Å². The van der Waals surface area contributed by atoms with Crippen molar-refractivity contribution in [2.45, 2.75) is 39.7 Å². The lowest BCUT2D eigenvalue weighted by Crippen LogP contribution is -2.29. The summed E-state index contributed by atoms with van der Waals surface area (Å²) in [7, 11) is -2.93. The van der Waals surface area contributed by atoms with E-state index >= 15 is 0 Å². The fourth-order valence-electron chi connectivity index (χ4n) is 1.48. The van der Waals surface area contributed by atoms with Gasteiger partial charge >= 0.3 is 0 Å². The van der Waals surface area contributed by atoms with E-state index in [0.717, 1.165) is 12.8 Å². The molecule has 0 heterocycles. The molecule has 0 spiro atoms. The molecule has 3 nitrogen and oxygen atoms in total. The van der Waals surface area contributed by atoms with E-state index in [1.807, 2.05) is 6.92 Å². The van der Waals surface area contributed by atoms with Gasteiger partial charge in [0.05, 0.1) is 11.5 Å². The zero-order chi connectivity index (χ0) is 10.5. The van der Waals surface area contributed by atoms with Crippen LogP contribution < -0.4 is 5.73 Å². The Labute approximate surface area is 81.6 Å². The Kier molecular flexibility index (Phi) is 5.56.